The first-order valence-electron chi connectivity index (χ1n) is 4.24. The maximum Gasteiger partial charge on any atom is 0.00860 e. The Bertz CT molecular complexity index is 97.1. The van der Waals surface area contributed by atoms with Crippen LogP contribution in [0.4, 0.5) is 0 Å². The number of hydrogen-bond donors (Lipinski definition) is 0. The van der Waals surface area contributed by atoms with Crippen molar-refractivity contribution in [3.8, 4) is 12.3 Å². The normalized spacial score (nSPS) is 12.5. The summed E-state index contributed by atoms with van der Waals surface area (Å²) in [6.45, 7) is 4.54. The Morgan fingerprint density at radius 2 is 2.10 bits per heavy atom. The van der Waals surface area contributed by atoms with Crippen molar-refractivity contribution < 1.29 is 0 Å². The van der Waals surface area contributed by atoms with Gasteiger partial charge in [0.15, 0.2) is 0 Å². The minimum absolute atomic E-state index is 0.887. The zero-order chi connectivity index (χ0) is 7.82. The number of rotatable bonds is 5. The second-order valence-corrected chi connectivity index (χ2v) is 2.96. The highest BCUT2D eigenvalue weighted by Gasteiger charge is 1.96. The van der Waals surface area contributed by atoms with E-state index < -0.39 is 0 Å². The third-order valence-corrected chi connectivity index (χ3v) is 1.96. The lowest BCUT2D eigenvalue weighted by Gasteiger charge is -2.05. The highest BCUT2D eigenvalue weighted by Crippen LogP contribution is 2.11. The van der Waals surface area contributed by atoms with Gasteiger partial charge >= 0.3 is 0 Å². The van der Waals surface area contributed by atoms with Crippen LogP contribution in [0, 0.1) is 18.3 Å². The van der Waals surface area contributed by atoms with Gasteiger partial charge in [-0.25, -0.2) is 0 Å². The van der Waals surface area contributed by atoms with Crippen LogP contribution in [0.3, 0.4) is 0 Å². The van der Waals surface area contributed by atoms with Gasteiger partial charge in [0.2, 0.25) is 0 Å². The van der Waals surface area contributed by atoms with Crippen molar-refractivity contribution >= 4 is 0 Å². The van der Waals surface area contributed by atoms with E-state index >= 15 is 0 Å². The fraction of sp³-hybridized carbons (Fsp3) is 0.800. The second kappa shape index (κ2) is 6.68. The van der Waals surface area contributed by atoms with E-state index in [1.807, 2.05) is 0 Å². The number of hydrogen-bond acceptors (Lipinski definition) is 0. The summed E-state index contributed by atoms with van der Waals surface area (Å²) >= 11 is 0. The van der Waals surface area contributed by atoms with Crippen LogP contribution in [0.15, 0.2) is 0 Å². The standard InChI is InChI=1S/C10H18/c1-4-6-7-8-9-10(3)5-2/h1,10H,5-9H2,2-3H3. The van der Waals surface area contributed by atoms with Crippen LogP contribution < -0.4 is 0 Å². The SMILES string of the molecule is C#CCCCCC(C)CC. The van der Waals surface area contributed by atoms with Crippen molar-refractivity contribution in [2.24, 2.45) is 5.92 Å². The summed E-state index contributed by atoms with van der Waals surface area (Å²) in [5.74, 6) is 3.55. The smallest absolute Gasteiger partial charge is 0.00860 e. The minimum Gasteiger partial charge on any atom is -0.120 e. The molecule has 0 rings (SSSR count). The molecule has 10 heavy (non-hydrogen) atoms. The molecule has 0 heterocycles. The van der Waals surface area contributed by atoms with Gasteiger partial charge < -0.3 is 0 Å². The number of terminal acetylenes is 1. The molecule has 0 aliphatic rings. The minimum atomic E-state index is 0.887. The van der Waals surface area contributed by atoms with Gasteiger partial charge in [0, 0.05) is 6.42 Å². The van der Waals surface area contributed by atoms with E-state index in [1.165, 1.54) is 25.7 Å². The van der Waals surface area contributed by atoms with Crippen LogP contribution in [0.25, 0.3) is 0 Å². The fourth-order valence-corrected chi connectivity index (χ4v) is 0.924. The molecule has 0 aliphatic carbocycles. The van der Waals surface area contributed by atoms with Crippen LogP contribution in [-0.2, 0) is 0 Å². The first-order valence-corrected chi connectivity index (χ1v) is 4.24. The molecular weight excluding hydrogens is 120 g/mol. The van der Waals surface area contributed by atoms with Crippen molar-refractivity contribution in [2.75, 3.05) is 0 Å². The average Bonchev–Trinajstić information content (AvgIpc) is 1.98. The lowest BCUT2D eigenvalue weighted by Crippen LogP contribution is -1.90. The molecule has 0 N–H and O–H groups in total. The summed E-state index contributed by atoms with van der Waals surface area (Å²) in [4.78, 5) is 0. The Balaban J connectivity index is 2.98. The van der Waals surface area contributed by atoms with Gasteiger partial charge in [0.05, 0.1) is 0 Å². The van der Waals surface area contributed by atoms with Gasteiger partial charge in [-0.2, -0.15) is 0 Å². The molecule has 1 unspecified atom stereocenters. The molecule has 0 nitrogen and oxygen atoms in total. The predicted molar refractivity (Wildman–Crippen MR) is 46.8 cm³/mol. The van der Waals surface area contributed by atoms with Gasteiger partial charge in [0.25, 0.3) is 0 Å². The van der Waals surface area contributed by atoms with E-state index in [2.05, 4.69) is 19.8 Å². The molecule has 0 fully saturated rings. The first kappa shape index (κ1) is 9.56. The summed E-state index contributed by atoms with van der Waals surface area (Å²) in [7, 11) is 0. The van der Waals surface area contributed by atoms with Crippen LogP contribution in [-0.4, -0.2) is 0 Å². The maximum atomic E-state index is 5.13. The van der Waals surface area contributed by atoms with E-state index in [0.29, 0.717) is 0 Å². The van der Waals surface area contributed by atoms with E-state index in [4.69, 9.17) is 6.42 Å². The largest absolute Gasteiger partial charge is 0.120 e. The van der Waals surface area contributed by atoms with Crippen LogP contribution in [0.5, 0.6) is 0 Å². The van der Waals surface area contributed by atoms with Gasteiger partial charge in [-0.05, 0) is 12.3 Å². The zero-order valence-electron chi connectivity index (χ0n) is 7.19. The molecular formula is C10H18. The van der Waals surface area contributed by atoms with Crippen LogP contribution in [0.2, 0.25) is 0 Å². The predicted octanol–water partition coefficient (Wildman–Crippen LogP) is 3.23. The van der Waals surface area contributed by atoms with Gasteiger partial charge in [-0.3, -0.25) is 0 Å². The molecule has 0 aromatic rings. The molecule has 58 valence electrons. The zero-order valence-corrected chi connectivity index (χ0v) is 7.19. The molecule has 0 spiro atoms. The molecule has 0 aromatic carbocycles. The lowest BCUT2D eigenvalue weighted by atomic mass is 10.0. The molecule has 0 amide bonds. The molecule has 0 aliphatic heterocycles. The van der Waals surface area contributed by atoms with Gasteiger partial charge in [-0.15, -0.1) is 12.3 Å². The molecule has 0 saturated carbocycles. The molecule has 0 aromatic heterocycles. The van der Waals surface area contributed by atoms with E-state index in [-0.39, 0.29) is 0 Å². The Kier molecular flexibility index (Phi) is 6.38. The summed E-state index contributed by atoms with van der Waals surface area (Å²) < 4.78 is 0. The lowest BCUT2D eigenvalue weighted by molar-refractivity contribution is 0.487. The molecule has 0 radical (unpaired) electrons. The average molecular weight is 138 g/mol. The van der Waals surface area contributed by atoms with Crippen LogP contribution >= 0.6 is 0 Å². The molecule has 0 bridgehead atoms. The van der Waals surface area contributed by atoms with Crippen molar-refractivity contribution in [1.29, 1.82) is 0 Å². The van der Waals surface area contributed by atoms with Gasteiger partial charge in [-0.1, -0.05) is 33.1 Å². The Morgan fingerprint density at radius 3 is 2.60 bits per heavy atom. The fourth-order valence-electron chi connectivity index (χ4n) is 0.924. The highest BCUT2D eigenvalue weighted by atomic mass is 14.0. The summed E-state index contributed by atoms with van der Waals surface area (Å²) in [5, 5.41) is 0. The third kappa shape index (κ3) is 5.69. The van der Waals surface area contributed by atoms with Crippen molar-refractivity contribution in [1.82, 2.24) is 0 Å². The van der Waals surface area contributed by atoms with E-state index in [0.717, 1.165) is 12.3 Å². The van der Waals surface area contributed by atoms with Crippen molar-refractivity contribution in [3.05, 3.63) is 0 Å². The second-order valence-electron chi connectivity index (χ2n) is 2.96. The summed E-state index contributed by atoms with van der Waals surface area (Å²) in [6.07, 6.45) is 11.2. The van der Waals surface area contributed by atoms with E-state index in [9.17, 15) is 0 Å². The molecule has 0 heteroatoms. The Morgan fingerprint density at radius 1 is 1.40 bits per heavy atom. The third-order valence-electron chi connectivity index (χ3n) is 1.96. The highest BCUT2D eigenvalue weighted by molar-refractivity contribution is 4.82. The Hall–Kier alpha value is -0.440. The van der Waals surface area contributed by atoms with E-state index in [1.54, 1.807) is 0 Å². The molecule has 1 atom stereocenters. The summed E-state index contributed by atoms with van der Waals surface area (Å²) in [5.41, 5.74) is 0. The first-order chi connectivity index (χ1) is 4.81. The monoisotopic (exact) mass is 138 g/mol. The molecule has 0 saturated heterocycles. The van der Waals surface area contributed by atoms with Crippen molar-refractivity contribution in [2.45, 2.75) is 46.0 Å². The summed E-state index contributed by atoms with van der Waals surface area (Å²) in [6, 6.07) is 0. The quantitative estimate of drug-likeness (QED) is 0.404. The Labute approximate surface area is 65.0 Å². The van der Waals surface area contributed by atoms with Crippen molar-refractivity contribution in [3.63, 3.8) is 0 Å². The number of unbranched alkanes of at least 4 members (excludes halogenated alkanes) is 2. The topological polar surface area (TPSA) is 0 Å². The maximum absolute atomic E-state index is 5.13. The van der Waals surface area contributed by atoms with Crippen LogP contribution in [0.1, 0.15) is 46.0 Å². The van der Waals surface area contributed by atoms with Gasteiger partial charge in [0.1, 0.15) is 0 Å².